The average molecular weight is 807 g/mol. The third kappa shape index (κ3) is 5.41. The van der Waals surface area contributed by atoms with Crippen molar-refractivity contribution in [2.75, 3.05) is 0 Å². The number of rotatable bonds is 6. The standard InChI is InChI=1S/C34H20BBr3S4/c35-27-15-22(21-14-24(32-6-2-10-40-32)26(18-30(21)38)34-8-4-12-42-34)28(36)16-19(27)20-13-23(31-5-1-9-39-31)25(17-29(20)37)33-7-3-11-41-33/h1-18H,35H2. The molecular formula is C34H20BBr3S4. The van der Waals surface area contributed by atoms with Gasteiger partial charge < -0.3 is 0 Å². The first-order chi connectivity index (χ1) is 20.5. The minimum Gasteiger partial charge on any atom is -0.144 e. The summed E-state index contributed by atoms with van der Waals surface area (Å²) in [5.74, 6) is 0. The molecule has 4 aromatic heterocycles. The summed E-state index contributed by atoms with van der Waals surface area (Å²) < 4.78 is 3.24. The van der Waals surface area contributed by atoms with Gasteiger partial charge in [0.15, 0.2) is 0 Å². The van der Waals surface area contributed by atoms with Crippen LogP contribution in [0.25, 0.3) is 64.0 Å². The van der Waals surface area contributed by atoms with E-state index in [0.29, 0.717) is 0 Å². The van der Waals surface area contributed by atoms with Crippen LogP contribution in [-0.2, 0) is 0 Å². The molecule has 0 atom stereocenters. The summed E-state index contributed by atoms with van der Waals surface area (Å²) in [4.78, 5) is 5.09. The molecule has 0 aliphatic rings. The molecule has 0 radical (unpaired) electrons. The zero-order chi connectivity index (χ0) is 28.8. The maximum absolute atomic E-state index is 3.98. The van der Waals surface area contributed by atoms with Gasteiger partial charge in [-0.25, -0.2) is 0 Å². The van der Waals surface area contributed by atoms with Gasteiger partial charge in [0, 0.05) is 55.2 Å². The Morgan fingerprint density at radius 2 is 0.690 bits per heavy atom. The van der Waals surface area contributed by atoms with Crippen LogP contribution < -0.4 is 5.46 Å². The average Bonchev–Trinajstić information content (AvgIpc) is 3.82. The van der Waals surface area contributed by atoms with Crippen molar-refractivity contribution in [3.05, 3.63) is 120 Å². The molecule has 0 aliphatic carbocycles. The minimum absolute atomic E-state index is 1.07. The van der Waals surface area contributed by atoms with E-state index in [1.54, 1.807) is 45.3 Å². The minimum atomic E-state index is 1.07. The molecule has 0 saturated carbocycles. The van der Waals surface area contributed by atoms with Gasteiger partial charge in [0.25, 0.3) is 0 Å². The maximum Gasteiger partial charge on any atom is 0.140 e. The lowest BCUT2D eigenvalue weighted by molar-refractivity contribution is 1.55. The lowest BCUT2D eigenvalue weighted by Crippen LogP contribution is -2.08. The molecule has 0 fully saturated rings. The summed E-state index contributed by atoms with van der Waals surface area (Å²) in [5.41, 5.74) is 11.0. The van der Waals surface area contributed by atoms with E-state index in [4.69, 9.17) is 0 Å². The van der Waals surface area contributed by atoms with Crippen LogP contribution in [0.4, 0.5) is 0 Å². The Balaban J connectivity index is 1.37. The Morgan fingerprint density at radius 1 is 0.381 bits per heavy atom. The van der Waals surface area contributed by atoms with Crippen LogP contribution in [-0.4, -0.2) is 7.85 Å². The second kappa shape index (κ2) is 12.2. The zero-order valence-corrected chi connectivity index (χ0v) is 30.2. The second-order valence-corrected chi connectivity index (χ2v) is 16.2. The Labute approximate surface area is 287 Å². The van der Waals surface area contributed by atoms with Crippen molar-refractivity contribution >= 4 is 106 Å². The fourth-order valence-electron chi connectivity index (χ4n) is 5.28. The van der Waals surface area contributed by atoms with Crippen molar-refractivity contribution < 1.29 is 0 Å². The number of hydrogen-bond acceptors (Lipinski definition) is 4. The van der Waals surface area contributed by atoms with Crippen LogP contribution in [0.15, 0.2) is 120 Å². The molecule has 7 aromatic rings. The Kier molecular flexibility index (Phi) is 8.31. The first-order valence-electron chi connectivity index (χ1n) is 13.1. The van der Waals surface area contributed by atoms with Crippen molar-refractivity contribution in [1.82, 2.24) is 0 Å². The molecular weight excluding hydrogens is 787 g/mol. The lowest BCUT2D eigenvalue weighted by atomic mass is 9.83. The third-order valence-corrected chi connectivity index (χ3v) is 12.8. The van der Waals surface area contributed by atoms with E-state index < -0.39 is 0 Å². The van der Waals surface area contributed by atoms with Gasteiger partial charge in [0.2, 0.25) is 0 Å². The van der Waals surface area contributed by atoms with Gasteiger partial charge in [-0.3, -0.25) is 0 Å². The first kappa shape index (κ1) is 28.7. The second-order valence-electron chi connectivity index (χ2n) is 9.81. The fourth-order valence-corrected chi connectivity index (χ4v) is 9.98. The summed E-state index contributed by atoms with van der Waals surface area (Å²) >= 11 is 19.0. The summed E-state index contributed by atoms with van der Waals surface area (Å²) in [6.07, 6.45) is 0. The van der Waals surface area contributed by atoms with E-state index in [2.05, 4.69) is 162 Å². The predicted molar refractivity (Wildman–Crippen MR) is 202 cm³/mol. The molecule has 0 bridgehead atoms. The lowest BCUT2D eigenvalue weighted by Gasteiger charge is -2.18. The van der Waals surface area contributed by atoms with Gasteiger partial charge in [-0.1, -0.05) is 83.6 Å². The highest BCUT2D eigenvalue weighted by Crippen LogP contribution is 2.46. The highest BCUT2D eigenvalue weighted by Gasteiger charge is 2.20. The molecule has 7 rings (SSSR count). The van der Waals surface area contributed by atoms with Gasteiger partial charge in [-0.2, -0.15) is 0 Å². The van der Waals surface area contributed by atoms with E-state index in [1.807, 2.05) is 0 Å². The van der Waals surface area contributed by atoms with Crippen LogP contribution in [0.1, 0.15) is 0 Å². The molecule has 0 aliphatic heterocycles. The summed E-state index contributed by atoms with van der Waals surface area (Å²) in [6.45, 7) is 0. The van der Waals surface area contributed by atoms with Gasteiger partial charge in [-0.05, 0) is 98.4 Å². The molecule has 0 spiro atoms. The molecule has 0 amide bonds. The summed E-state index contributed by atoms with van der Waals surface area (Å²) in [6, 6.07) is 31.1. The van der Waals surface area contributed by atoms with Crippen molar-refractivity contribution in [2.24, 2.45) is 0 Å². The smallest absolute Gasteiger partial charge is 0.140 e. The summed E-state index contributed by atoms with van der Waals surface area (Å²) in [5, 5.41) is 8.58. The highest BCUT2D eigenvalue weighted by atomic mass is 79.9. The van der Waals surface area contributed by atoms with E-state index >= 15 is 0 Å². The number of hydrogen-bond donors (Lipinski definition) is 0. The van der Waals surface area contributed by atoms with Crippen molar-refractivity contribution in [1.29, 1.82) is 0 Å². The Hall–Kier alpha value is -2.04. The van der Waals surface area contributed by atoms with Gasteiger partial charge >= 0.3 is 0 Å². The number of thiophene rings is 4. The molecule has 204 valence electrons. The van der Waals surface area contributed by atoms with Gasteiger partial charge in [-0.15, -0.1) is 45.3 Å². The van der Waals surface area contributed by atoms with Crippen LogP contribution in [0, 0.1) is 0 Å². The Morgan fingerprint density at radius 3 is 1.05 bits per heavy atom. The topological polar surface area (TPSA) is 0 Å². The SMILES string of the molecule is Bc1cc(-c2cc(-c3cccs3)c(-c3cccs3)cc2Br)c(Br)cc1-c1cc(-c2cccs2)c(-c2cccs2)cc1Br. The molecule has 4 heterocycles. The highest BCUT2D eigenvalue weighted by molar-refractivity contribution is 9.11. The molecule has 0 nitrogen and oxygen atoms in total. The molecule has 0 unspecified atom stereocenters. The zero-order valence-electron chi connectivity index (χ0n) is 22.2. The van der Waals surface area contributed by atoms with E-state index in [1.165, 1.54) is 69.5 Å². The van der Waals surface area contributed by atoms with Crippen molar-refractivity contribution in [2.45, 2.75) is 0 Å². The molecule has 42 heavy (non-hydrogen) atoms. The molecule has 8 heteroatoms. The maximum atomic E-state index is 3.98. The fraction of sp³-hybridized carbons (Fsp3) is 0. The predicted octanol–water partition coefficient (Wildman–Crippen LogP) is 12.5. The normalized spacial score (nSPS) is 11.3. The largest absolute Gasteiger partial charge is 0.144 e. The number of halogens is 3. The van der Waals surface area contributed by atoms with E-state index in [9.17, 15) is 0 Å². The van der Waals surface area contributed by atoms with Crippen molar-refractivity contribution in [3.63, 3.8) is 0 Å². The van der Waals surface area contributed by atoms with Crippen LogP contribution in [0.5, 0.6) is 0 Å². The quantitative estimate of drug-likeness (QED) is 0.147. The van der Waals surface area contributed by atoms with Gasteiger partial charge in [0.05, 0.1) is 0 Å². The monoisotopic (exact) mass is 804 g/mol. The van der Waals surface area contributed by atoms with Crippen LogP contribution in [0.2, 0.25) is 0 Å². The van der Waals surface area contributed by atoms with Gasteiger partial charge in [0.1, 0.15) is 7.85 Å². The Bertz CT molecular complexity index is 1860. The van der Waals surface area contributed by atoms with E-state index in [0.717, 1.165) is 13.4 Å². The van der Waals surface area contributed by atoms with Crippen LogP contribution >= 0.6 is 93.1 Å². The number of benzene rings is 3. The summed E-state index contributed by atoms with van der Waals surface area (Å²) in [7, 11) is 2.21. The molecule has 0 N–H and O–H groups in total. The van der Waals surface area contributed by atoms with Crippen LogP contribution in [0.3, 0.4) is 0 Å². The molecule has 3 aromatic carbocycles. The van der Waals surface area contributed by atoms with E-state index in [-0.39, 0.29) is 0 Å². The van der Waals surface area contributed by atoms with Crippen molar-refractivity contribution in [3.8, 4) is 64.0 Å². The third-order valence-electron chi connectivity index (χ3n) is 7.26. The first-order valence-corrected chi connectivity index (χ1v) is 19.0. The molecule has 0 saturated heterocycles.